The van der Waals surface area contributed by atoms with Gasteiger partial charge in [0.25, 0.3) is 0 Å². The highest BCUT2D eigenvalue weighted by atomic mass is 16.3. The van der Waals surface area contributed by atoms with Gasteiger partial charge in [0.05, 0.1) is 35.3 Å². The Morgan fingerprint density at radius 3 is 2.63 bits per heavy atom. The molecule has 0 radical (unpaired) electrons. The zero-order valence-corrected chi connectivity index (χ0v) is 10.9. The van der Waals surface area contributed by atoms with Crippen LogP contribution in [0, 0.1) is 11.3 Å². The molecule has 0 spiro atoms. The van der Waals surface area contributed by atoms with Crippen molar-refractivity contribution >= 4 is 11.4 Å². The van der Waals surface area contributed by atoms with Gasteiger partial charge in [-0.15, -0.1) is 0 Å². The summed E-state index contributed by atoms with van der Waals surface area (Å²) in [4.78, 5) is 6.15. The number of aliphatic hydroxyl groups excluding tert-OH is 1. The second kappa shape index (κ2) is 5.51. The molecule has 0 fully saturated rings. The lowest BCUT2D eigenvalue weighted by Gasteiger charge is -2.19. The monoisotopic (exact) mass is 253 g/mol. The lowest BCUT2D eigenvalue weighted by molar-refractivity contribution is 0.194. The van der Waals surface area contributed by atoms with Gasteiger partial charge < -0.3 is 10.0 Å². The number of anilines is 2. The molecule has 4 heteroatoms. The minimum absolute atomic E-state index is 0.568. The molecule has 0 amide bonds. The van der Waals surface area contributed by atoms with E-state index in [0.717, 1.165) is 11.4 Å². The molecule has 0 aliphatic heterocycles. The second-order valence-corrected chi connectivity index (χ2v) is 4.34. The van der Waals surface area contributed by atoms with Crippen molar-refractivity contribution in [3.8, 4) is 6.07 Å². The van der Waals surface area contributed by atoms with E-state index < -0.39 is 6.10 Å². The highest BCUT2D eigenvalue weighted by molar-refractivity contribution is 5.63. The van der Waals surface area contributed by atoms with E-state index in [1.807, 2.05) is 36.2 Å². The van der Waals surface area contributed by atoms with Gasteiger partial charge in [0.2, 0.25) is 0 Å². The summed E-state index contributed by atoms with van der Waals surface area (Å²) in [5.74, 6) is 0. The smallest absolute Gasteiger partial charge is 0.0992 e. The van der Waals surface area contributed by atoms with Crippen molar-refractivity contribution in [2.45, 2.75) is 13.0 Å². The van der Waals surface area contributed by atoms with Crippen LogP contribution >= 0.6 is 0 Å². The molecule has 1 aromatic heterocycles. The zero-order chi connectivity index (χ0) is 13.8. The number of nitrogens with zero attached hydrogens (tertiary/aromatic N) is 3. The van der Waals surface area contributed by atoms with Crippen LogP contribution < -0.4 is 4.90 Å². The molecular weight excluding hydrogens is 238 g/mol. The minimum atomic E-state index is -0.568. The van der Waals surface area contributed by atoms with Crippen LogP contribution in [0.3, 0.4) is 0 Å². The van der Waals surface area contributed by atoms with Crippen LogP contribution in [0.1, 0.15) is 24.3 Å². The molecule has 2 rings (SSSR count). The van der Waals surface area contributed by atoms with E-state index in [0.29, 0.717) is 11.3 Å². The van der Waals surface area contributed by atoms with Gasteiger partial charge in [-0.2, -0.15) is 5.26 Å². The largest absolute Gasteiger partial charge is 0.387 e. The normalized spacial score (nSPS) is 11.7. The SMILES string of the molecule is C[C@@H](O)c1ccc(N(C)c2cccc(C#N)c2)cn1. The van der Waals surface area contributed by atoms with E-state index >= 15 is 0 Å². The Hall–Kier alpha value is -2.38. The Labute approximate surface area is 112 Å². The number of aliphatic hydroxyl groups is 1. The predicted octanol–water partition coefficient (Wildman–Crippen LogP) is 2.77. The van der Waals surface area contributed by atoms with Gasteiger partial charge in [-0.25, -0.2) is 0 Å². The lowest BCUT2D eigenvalue weighted by Crippen LogP contribution is -2.10. The molecular formula is C15H15N3O. The number of pyridine rings is 1. The van der Waals surface area contributed by atoms with Crippen LogP contribution in [0.5, 0.6) is 0 Å². The molecule has 0 unspecified atom stereocenters. The summed E-state index contributed by atoms with van der Waals surface area (Å²) in [6, 6.07) is 13.2. The number of hydrogen-bond donors (Lipinski definition) is 1. The third kappa shape index (κ3) is 2.90. The van der Waals surface area contributed by atoms with Crippen molar-refractivity contribution in [1.29, 1.82) is 5.26 Å². The average Bonchev–Trinajstić information content (AvgIpc) is 2.46. The van der Waals surface area contributed by atoms with E-state index in [2.05, 4.69) is 11.1 Å². The van der Waals surface area contributed by atoms with Crippen LogP contribution in [0.2, 0.25) is 0 Å². The Balaban J connectivity index is 2.28. The molecule has 19 heavy (non-hydrogen) atoms. The van der Waals surface area contributed by atoms with Gasteiger partial charge in [0.1, 0.15) is 0 Å². The fourth-order valence-electron chi connectivity index (χ4n) is 1.78. The molecule has 2 aromatic rings. The van der Waals surface area contributed by atoms with Crippen LogP contribution in [0.15, 0.2) is 42.6 Å². The number of hydrogen-bond acceptors (Lipinski definition) is 4. The minimum Gasteiger partial charge on any atom is -0.387 e. The van der Waals surface area contributed by atoms with Crippen molar-refractivity contribution in [1.82, 2.24) is 4.98 Å². The molecule has 1 N–H and O–H groups in total. The average molecular weight is 253 g/mol. The maximum Gasteiger partial charge on any atom is 0.0992 e. The summed E-state index contributed by atoms with van der Waals surface area (Å²) in [5.41, 5.74) is 3.09. The molecule has 1 aromatic carbocycles. The van der Waals surface area contributed by atoms with Gasteiger partial charge in [-0.1, -0.05) is 6.07 Å². The number of rotatable bonds is 3. The molecule has 0 aliphatic rings. The fraction of sp³-hybridized carbons (Fsp3) is 0.200. The third-order valence-corrected chi connectivity index (χ3v) is 2.95. The van der Waals surface area contributed by atoms with E-state index in [-0.39, 0.29) is 0 Å². The zero-order valence-electron chi connectivity index (χ0n) is 10.9. The Bertz CT molecular complexity index is 600. The standard InChI is InChI=1S/C15H15N3O/c1-11(19)15-7-6-14(10-17-15)18(2)13-5-3-4-12(8-13)9-16/h3-8,10-11,19H,1-2H3/t11-/m1/s1. The summed E-state index contributed by atoms with van der Waals surface area (Å²) in [6.07, 6.45) is 1.14. The van der Waals surface area contributed by atoms with Gasteiger partial charge in [0.15, 0.2) is 0 Å². The van der Waals surface area contributed by atoms with E-state index in [1.54, 1.807) is 25.3 Å². The maximum atomic E-state index is 9.43. The Morgan fingerprint density at radius 2 is 2.05 bits per heavy atom. The van der Waals surface area contributed by atoms with Crippen LogP contribution in [-0.2, 0) is 0 Å². The van der Waals surface area contributed by atoms with Crippen molar-refractivity contribution in [3.63, 3.8) is 0 Å². The van der Waals surface area contributed by atoms with E-state index in [1.165, 1.54) is 0 Å². The van der Waals surface area contributed by atoms with Gasteiger partial charge in [0, 0.05) is 12.7 Å². The van der Waals surface area contributed by atoms with E-state index in [9.17, 15) is 5.11 Å². The van der Waals surface area contributed by atoms with Crippen molar-refractivity contribution in [3.05, 3.63) is 53.9 Å². The molecule has 1 heterocycles. The fourth-order valence-corrected chi connectivity index (χ4v) is 1.78. The predicted molar refractivity (Wildman–Crippen MR) is 74.1 cm³/mol. The number of benzene rings is 1. The summed E-state index contributed by atoms with van der Waals surface area (Å²) in [5, 5.41) is 18.3. The maximum absolute atomic E-state index is 9.43. The van der Waals surface area contributed by atoms with Crippen LogP contribution in [0.25, 0.3) is 0 Å². The van der Waals surface area contributed by atoms with Crippen LogP contribution in [-0.4, -0.2) is 17.1 Å². The summed E-state index contributed by atoms with van der Waals surface area (Å²) >= 11 is 0. The Morgan fingerprint density at radius 1 is 1.26 bits per heavy atom. The van der Waals surface area contributed by atoms with Gasteiger partial charge in [-0.05, 0) is 37.3 Å². The molecule has 96 valence electrons. The molecule has 0 bridgehead atoms. The van der Waals surface area contributed by atoms with Crippen molar-refractivity contribution in [2.75, 3.05) is 11.9 Å². The van der Waals surface area contributed by atoms with Crippen LogP contribution in [0.4, 0.5) is 11.4 Å². The Kier molecular flexibility index (Phi) is 3.79. The quantitative estimate of drug-likeness (QED) is 0.913. The molecule has 4 nitrogen and oxygen atoms in total. The highest BCUT2D eigenvalue weighted by Crippen LogP contribution is 2.24. The molecule has 0 saturated carbocycles. The number of nitriles is 1. The topological polar surface area (TPSA) is 60.1 Å². The van der Waals surface area contributed by atoms with Gasteiger partial charge in [-0.3, -0.25) is 4.98 Å². The first-order chi connectivity index (χ1) is 9.11. The second-order valence-electron chi connectivity index (χ2n) is 4.34. The van der Waals surface area contributed by atoms with Crippen molar-refractivity contribution in [2.24, 2.45) is 0 Å². The summed E-state index contributed by atoms with van der Waals surface area (Å²) in [6.45, 7) is 1.68. The summed E-state index contributed by atoms with van der Waals surface area (Å²) < 4.78 is 0. The molecule has 0 saturated heterocycles. The first-order valence-corrected chi connectivity index (χ1v) is 5.99. The van der Waals surface area contributed by atoms with Gasteiger partial charge >= 0.3 is 0 Å². The molecule has 1 atom stereocenters. The summed E-state index contributed by atoms with van der Waals surface area (Å²) in [7, 11) is 1.91. The lowest BCUT2D eigenvalue weighted by atomic mass is 10.2. The van der Waals surface area contributed by atoms with Crippen molar-refractivity contribution < 1.29 is 5.11 Å². The van der Waals surface area contributed by atoms with E-state index in [4.69, 9.17) is 5.26 Å². The third-order valence-electron chi connectivity index (χ3n) is 2.95. The highest BCUT2D eigenvalue weighted by Gasteiger charge is 2.07. The first kappa shape index (κ1) is 13.1. The number of aromatic nitrogens is 1. The molecule has 0 aliphatic carbocycles. The first-order valence-electron chi connectivity index (χ1n) is 5.99.